The van der Waals surface area contributed by atoms with Gasteiger partial charge >= 0.3 is 0 Å². The minimum Gasteiger partial charge on any atom is -0.295 e. The number of hydrogen-bond acceptors (Lipinski definition) is 7. The first kappa shape index (κ1) is 20.5. The molecule has 3 aromatic rings. The number of amides is 4. The van der Waals surface area contributed by atoms with E-state index in [4.69, 9.17) is 16.9 Å². The molecule has 2 aromatic carbocycles. The van der Waals surface area contributed by atoms with Crippen molar-refractivity contribution in [3.8, 4) is 23.0 Å². The van der Waals surface area contributed by atoms with Crippen LogP contribution in [0.2, 0.25) is 5.02 Å². The van der Waals surface area contributed by atoms with Gasteiger partial charge in [0.15, 0.2) is 0 Å². The predicted molar refractivity (Wildman–Crippen MR) is 113 cm³/mol. The summed E-state index contributed by atoms with van der Waals surface area (Å²) >= 11 is 6.11. The molecule has 0 bridgehead atoms. The number of nitriles is 1. The highest BCUT2D eigenvalue weighted by Gasteiger charge is 2.45. The average molecular weight is 461 g/mol. The number of fused-ring (bicyclic) bond motifs is 1. The second-order valence-corrected chi connectivity index (χ2v) is 7.91. The molecule has 3 heterocycles. The van der Waals surface area contributed by atoms with Gasteiger partial charge in [0.05, 0.1) is 33.6 Å². The highest BCUT2D eigenvalue weighted by molar-refractivity contribution is 6.32. The number of piperidine rings is 1. The van der Waals surface area contributed by atoms with Crippen molar-refractivity contribution in [1.29, 1.82) is 5.26 Å². The SMILES string of the molecule is N#Cc1ccc(-c2cn(-c3cccc4c3C(=O)N(C3CCC(=O)NC3=O)C4=O)nn2)cc1Cl. The van der Waals surface area contributed by atoms with Gasteiger partial charge in [0.2, 0.25) is 11.8 Å². The van der Waals surface area contributed by atoms with E-state index < -0.39 is 29.7 Å². The largest absolute Gasteiger partial charge is 0.295 e. The Labute approximate surface area is 191 Å². The maximum Gasteiger partial charge on any atom is 0.264 e. The van der Waals surface area contributed by atoms with E-state index in [9.17, 15) is 19.2 Å². The normalized spacial score (nSPS) is 17.7. The van der Waals surface area contributed by atoms with E-state index in [1.807, 2.05) is 6.07 Å². The van der Waals surface area contributed by atoms with Gasteiger partial charge in [-0.2, -0.15) is 5.26 Å². The zero-order chi connectivity index (χ0) is 23.3. The smallest absolute Gasteiger partial charge is 0.264 e. The standard InChI is InChI=1S/C22H13ClN6O4/c23-14-8-11(4-5-12(14)9-24)15-10-28(27-26-15)16-3-1-2-13-19(16)22(33)29(21(13)32)17-6-7-18(30)25-20(17)31/h1-5,8,10,17H,6-7H2,(H,25,30,31). The van der Waals surface area contributed by atoms with E-state index in [1.54, 1.807) is 36.5 Å². The Morgan fingerprint density at radius 1 is 1.12 bits per heavy atom. The molecule has 0 spiro atoms. The number of rotatable bonds is 3. The van der Waals surface area contributed by atoms with Crippen molar-refractivity contribution in [2.75, 3.05) is 0 Å². The highest BCUT2D eigenvalue weighted by atomic mass is 35.5. The van der Waals surface area contributed by atoms with Crippen LogP contribution in [0.5, 0.6) is 0 Å². The summed E-state index contributed by atoms with van der Waals surface area (Å²) in [6, 6.07) is 10.5. The quantitative estimate of drug-likeness (QED) is 0.588. The molecule has 1 unspecified atom stereocenters. The Hall–Kier alpha value is -4.36. The van der Waals surface area contributed by atoms with E-state index in [0.29, 0.717) is 22.5 Å². The zero-order valence-electron chi connectivity index (χ0n) is 16.8. The van der Waals surface area contributed by atoms with Crippen LogP contribution in [0.1, 0.15) is 39.1 Å². The van der Waals surface area contributed by atoms with Crippen molar-refractivity contribution in [3.05, 3.63) is 64.3 Å². The van der Waals surface area contributed by atoms with Gasteiger partial charge in [-0.1, -0.05) is 28.9 Å². The van der Waals surface area contributed by atoms with Crippen molar-refractivity contribution < 1.29 is 19.2 Å². The van der Waals surface area contributed by atoms with Gasteiger partial charge in [0.1, 0.15) is 17.8 Å². The third kappa shape index (κ3) is 3.26. The van der Waals surface area contributed by atoms with Crippen LogP contribution < -0.4 is 5.32 Å². The van der Waals surface area contributed by atoms with Crippen LogP contribution in [0.25, 0.3) is 16.9 Å². The minimum atomic E-state index is -1.06. The van der Waals surface area contributed by atoms with E-state index in [0.717, 1.165) is 4.90 Å². The molecule has 1 atom stereocenters. The van der Waals surface area contributed by atoms with E-state index in [1.165, 1.54) is 10.7 Å². The van der Waals surface area contributed by atoms with Crippen LogP contribution in [0.3, 0.4) is 0 Å². The second-order valence-electron chi connectivity index (χ2n) is 7.50. The highest BCUT2D eigenvalue weighted by Crippen LogP contribution is 2.32. The summed E-state index contributed by atoms with van der Waals surface area (Å²) in [5, 5.41) is 19.7. The fourth-order valence-electron chi connectivity index (χ4n) is 3.97. The summed E-state index contributed by atoms with van der Waals surface area (Å²) in [7, 11) is 0. The van der Waals surface area contributed by atoms with E-state index >= 15 is 0 Å². The van der Waals surface area contributed by atoms with Crippen molar-refractivity contribution >= 4 is 35.2 Å². The van der Waals surface area contributed by atoms with Crippen molar-refractivity contribution in [3.63, 3.8) is 0 Å². The number of hydrogen-bond donors (Lipinski definition) is 1. The van der Waals surface area contributed by atoms with Crippen LogP contribution in [0.15, 0.2) is 42.6 Å². The molecule has 2 aliphatic rings. The first-order chi connectivity index (χ1) is 15.9. The second kappa shape index (κ2) is 7.65. The molecule has 10 nitrogen and oxygen atoms in total. The number of nitrogens with one attached hydrogen (secondary N) is 1. The molecule has 0 radical (unpaired) electrons. The molecule has 33 heavy (non-hydrogen) atoms. The molecule has 0 aliphatic carbocycles. The van der Waals surface area contributed by atoms with Crippen LogP contribution in [0.4, 0.5) is 0 Å². The van der Waals surface area contributed by atoms with Gasteiger partial charge in [-0.3, -0.25) is 29.4 Å². The van der Waals surface area contributed by atoms with Gasteiger partial charge in [-0.25, -0.2) is 4.68 Å². The Kier molecular flexibility index (Phi) is 4.76. The lowest BCUT2D eigenvalue weighted by molar-refractivity contribution is -0.136. The maximum atomic E-state index is 13.3. The third-order valence-electron chi connectivity index (χ3n) is 5.57. The molecular formula is C22H13ClN6O4. The maximum absolute atomic E-state index is 13.3. The molecule has 1 saturated heterocycles. The zero-order valence-corrected chi connectivity index (χ0v) is 17.5. The molecule has 2 aliphatic heterocycles. The molecule has 162 valence electrons. The fraction of sp³-hybridized carbons (Fsp3) is 0.136. The molecule has 11 heteroatoms. The van der Waals surface area contributed by atoms with Crippen molar-refractivity contribution in [2.45, 2.75) is 18.9 Å². The van der Waals surface area contributed by atoms with Crippen LogP contribution in [0, 0.1) is 11.3 Å². The first-order valence-corrected chi connectivity index (χ1v) is 10.2. The van der Waals surface area contributed by atoms with Gasteiger partial charge in [-0.15, -0.1) is 5.10 Å². The van der Waals surface area contributed by atoms with Gasteiger partial charge in [0.25, 0.3) is 11.8 Å². The molecule has 4 amide bonds. The van der Waals surface area contributed by atoms with Crippen molar-refractivity contribution in [1.82, 2.24) is 25.2 Å². The number of aromatic nitrogens is 3. The molecule has 5 rings (SSSR count). The number of halogens is 1. The van der Waals surface area contributed by atoms with Gasteiger partial charge in [0, 0.05) is 12.0 Å². The Morgan fingerprint density at radius 3 is 2.67 bits per heavy atom. The van der Waals surface area contributed by atoms with E-state index in [-0.39, 0.29) is 29.0 Å². The van der Waals surface area contributed by atoms with Crippen LogP contribution >= 0.6 is 11.6 Å². The number of nitrogens with zero attached hydrogens (tertiary/aromatic N) is 5. The summed E-state index contributed by atoms with van der Waals surface area (Å²) < 4.78 is 1.36. The van der Waals surface area contributed by atoms with Crippen LogP contribution in [-0.4, -0.2) is 49.6 Å². The summed E-state index contributed by atoms with van der Waals surface area (Å²) in [5.41, 5.74) is 1.94. The lowest BCUT2D eigenvalue weighted by Gasteiger charge is -2.27. The number of benzene rings is 2. The van der Waals surface area contributed by atoms with E-state index in [2.05, 4.69) is 15.6 Å². The number of carbonyl (C=O) groups excluding carboxylic acids is 4. The van der Waals surface area contributed by atoms with Crippen LogP contribution in [-0.2, 0) is 9.59 Å². The monoisotopic (exact) mass is 460 g/mol. The Bertz CT molecular complexity index is 1420. The third-order valence-corrected chi connectivity index (χ3v) is 5.88. The average Bonchev–Trinajstić information content (AvgIpc) is 3.38. The lowest BCUT2D eigenvalue weighted by atomic mass is 10.0. The summed E-state index contributed by atoms with van der Waals surface area (Å²) in [5.74, 6) is -2.36. The van der Waals surface area contributed by atoms with Crippen molar-refractivity contribution in [2.24, 2.45) is 0 Å². The Balaban J connectivity index is 1.52. The molecule has 1 aromatic heterocycles. The summed E-state index contributed by atoms with van der Waals surface area (Å²) in [4.78, 5) is 50.9. The molecule has 1 fully saturated rings. The number of carbonyl (C=O) groups is 4. The molecule has 0 saturated carbocycles. The summed E-state index contributed by atoms with van der Waals surface area (Å²) in [6.45, 7) is 0. The topological polar surface area (TPSA) is 138 Å². The fourth-order valence-corrected chi connectivity index (χ4v) is 4.19. The molecular weight excluding hydrogens is 448 g/mol. The van der Waals surface area contributed by atoms with Gasteiger partial charge < -0.3 is 0 Å². The summed E-state index contributed by atoms with van der Waals surface area (Å²) in [6.07, 6.45) is 1.67. The Morgan fingerprint density at radius 2 is 1.94 bits per heavy atom. The number of imide groups is 2. The minimum absolute atomic E-state index is 0.0380. The first-order valence-electron chi connectivity index (χ1n) is 9.86. The van der Waals surface area contributed by atoms with Gasteiger partial charge in [-0.05, 0) is 30.7 Å². The predicted octanol–water partition coefficient (Wildman–Crippen LogP) is 1.86. The molecule has 1 N–H and O–H groups in total. The lowest BCUT2D eigenvalue weighted by Crippen LogP contribution is -2.54.